The zero-order chi connectivity index (χ0) is 35.6. The van der Waals surface area contributed by atoms with E-state index in [1.54, 1.807) is 11.3 Å². The van der Waals surface area contributed by atoms with Crippen LogP contribution in [0, 0.1) is 0 Å². The molecule has 0 radical (unpaired) electrons. The molecule has 0 unspecified atom stereocenters. The molecule has 0 bridgehead atoms. The molecule has 6 aromatic carbocycles. The maximum absolute atomic E-state index is 5.46. The van der Waals surface area contributed by atoms with Crippen LogP contribution in [0.4, 0.5) is 0 Å². The second kappa shape index (κ2) is 10.9. The molecule has 11 rings (SSSR count). The van der Waals surface area contributed by atoms with Crippen LogP contribution >= 0.6 is 11.3 Å². The predicted octanol–water partition coefficient (Wildman–Crippen LogP) is 13.1. The van der Waals surface area contributed by atoms with Gasteiger partial charge in [0.15, 0.2) is 11.6 Å². The Hall–Kier alpha value is -5.78. The topological polar surface area (TPSA) is 35.6 Å². The number of aromatic nitrogens is 4. The first-order chi connectivity index (χ1) is 25.8. The first kappa shape index (κ1) is 30.8. The number of benzene rings is 6. The predicted molar refractivity (Wildman–Crippen MR) is 224 cm³/mol. The summed E-state index contributed by atoms with van der Waals surface area (Å²) in [6, 6.07) is 48.6. The molecule has 1 aliphatic rings. The molecule has 0 N–H and O–H groups in total. The van der Waals surface area contributed by atoms with Gasteiger partial charge in [-0.25, -0.2) is 9.97 Å². The Labute approximate surface area is 312 Å². The maximum Gasteiger partial charge on any atom is 0.163 e. The molecular weight excluding hydrogens is 665 g/mol. The molecule has 0 spiro atoms. The molecule has 53 heavy (non-hydrogen) atoms. The van der Waals surface area contributed by atoms with E-state index in [4.69, 9.17) is 9.97 Å². The fourth-order valence-corrected chi connectivity index (χ4v) is 10.4. The summed E-state index contributed by atoms with van der Waals surface area (Å²) in [5.41, 5.74) is 10.2. The van der Waals surface area contributed by atoms with Gasteiger partial charge in [0.2, 0.25) is 0 Å². The highest BCUT2D eigenvalue weighted by Gasteiger charge is 2.39. The van der Waals surface area contributed by atoms with Crippen LogP contribution in [-0.4, -0.2) is 19.1 Å². The Balaban J connectivity index is 1.30. The lowest BCUT2D eigenvalue weighted by atomic mass is 9.62. The molecular formula is C48H38N4S. The Bertz CT molecular complexity index is 3120. The van der Waals surface area contributed by atoms with Crippen LogP contribution in [0.3, 0.4) is 0 Å². The monoisotopic (exact) mass is 702 g/mol. The van der Waals surface area contributed by atoms with E-state index in [0.29, 0.717) is 0 Å². The molecule has 5 heteroatoms. The molecule has 256 valence electrons. The van der Waals surface area contributed by atoms with Crippen molar-refractivity contribution in [3.05, 3.63) is 145 Å². The molecule has 1 aliphatic carbocycles. The van der Waals surface area contributed by atoms with Crippen molar-refractivity contribution in [2.75, 3.05) is 0 Å². The lowest BCUT2D eigenvalue weighted by Gasteiger charge is -2.43. The van der Waals surface area contributed by atoms with Crippen LogP contribution in [0.25, 0.3) is 86.8 Å². The number of fused-ring (bicyclic) bond motifs is 11. The SMILES string of the molecule is CC1(C)CCC(C)(C)c2c(-n3c4ccccc4c4c5c6ccccc6n(-c6nc(-c7ccccc7)nc7sc8ccccc8c67)c5ccc43)cccc21. The number of para-hydroxylation sites is 2. The Morgan fingerprint density at radius 3 is 1.85 bits per heavy atom. The Morgan fingerprint density at radius 2 is 1.11 bits per heavy atom. The van der Waals surface area contributed by atoms with Crippen molar-refractivity contribution >= 4 is 75.3 Å². The zero-order valence-electron chi connectivity index (χ0n) is 30.3. The largest absolute Gasteiger partial charge is 0.309 e. The van der Waals surface area contributed by atoms with Crippen molar-refractivity contribution in [3.63, 3.8) is 0 Å². The van der Waals surface area contributed by atoms with Crippen LogP contribution in [0.2, 0.25) is 0 Å². The van der Waals surface area contributed by atoms with Crippen molar-refractivity contribution in [2.24, 2.45) is 0 Å². The number of hydrogen-bond acceptors (Lipinski definition) is 3. The van der Waals surface area contributed by atoms with E-state index >= 15 is 0 Å². The fourth-order valence-electron chi connectivity index (χ4n) is 9.38. The molecule has 0 saturated heterocycles. The molecule has 0 atom stereocenters. The van der Waals surface area contributed by atoms with Crippen molar-refractivity contribution in [1.29, 1.82) is 0 Å². The molecule has 10 aromatic rings. The van der Waals surface area contributed by atoms with E-state index in [1.165, 1.54) is 65.9 Å². The zero-order valence-corrected chi connectivity index (χ0v) is 31.1. The maximum atomic E-state index is 5.46. The van der Waals surface area contributed by atoms with Gasteiger partial charge in [0.05, 0.1) is 33.1 Å². The molecule has 0 amide bonds. The highest BCUT2D eigenvalue weighted by atomic mass is 32.1. The van der Waals surface area contributed by atoms with Gasteiger partial charge in [-0.15, -0.1) is 11.3 Å². The highest BCUT2D eigenvalue weighted by Crippen LogP contribution is 2.50. The smallest absolute Gasteiger partial charge is 0.163 e. The van der Waals surface area contributed by atoms with Gasteiger partial charge in [-0.05, 0) is 71.2 Å². The number of nitrogens with zero attached hydrogens (tertiary/aromatic N) is 4. The summed E-state index contributed by atoms with van der Waals surface area (Å²) in [4.78, 5) is 11.6. The van der Waals surface area contributed by atoms with Gasteiger partial charge >= 0.3 is 0 Å². The summed E-state index contributed by atoms with van der Waals surface area (Å²) in [5.74, 6) is 1.66. The Morgan fingerprint density at radius 1 is 0.509 bits per heavy atom. The van der Waals surface area contributed by atoms with Crippen molar-refractivity contribution < 1.29 is 0 Å². The van der Waals surface area contributed by atoms with Crippen LogP contribution in [0.1, 0.15) is 51.7 Å². The van der Waals surface area contributed by atoms with Gasteiger partial charge in [-0.1, -0.05) is 125 Å². The van der Waals surface area contributed by atoms with E-state index < -0.39 is 0 Å². The van der Waals surface area contributed by atoms with Crippen LogP contribution in [0.15, 0.2) is 133 Å². The van der Waals surface area contributed by atoms with Gasteiger partial charge in [-0.2, -0.15) is 0 Å². The standard InChI is InChI=1S/C48H38N4S/c1-47(2)27-28-48(3,4)43-33(47)20-14-23-38(43)51-34-21-11-8-17-30(34)40-36(51)25-26-37-41(40)31-18-9-12-22-35(31)52(37)45-42-32-19-10-13-24-39(32)53-46(42)50-44(49-45)29-15-6-5-7-16-29/h5-26H,27-28H2,1-4H3. The van der Waals surface area contributed by atoms with Gasteiger partial charge in [0, 0.05) is 37.2 Å². The van der Waals surface area contributed by atoms with Gasteiger partial charge < -0.3 is 4.57 Å². The third-order valence-corrected chi connectivity index (χ3v) is 13.1. The first-order valence-corrected chi connectivity index (χ1v) is 19.5. The second-order valence-corrected chi connectivity index (χ2v) is 17.1. The first-order valence-electron chi connectivity index (χ1n) is 18.6. The van der Waals surface area contributed by atoms with E-state index in [9.17, 15) is 0 Å². The molecule has 0 fully saturated rings. The van der Waals surface area contributed by atoms with Crippen LogP contribution in [0.5, 0.6) is 0 Å². The van der Waals surface area contributed by atoms with Crippen molar-refractivity contribution in [2.45, 2.75) is 51.4 Å². The lowest BCUT2D eigenvalue weighted by Crippen LogP contribution is -2.35. The van der Waals surface area contributed by atoms with Crippen LogP contribution < -0.4 is 0 Å². The number of rotatable bonds is 3. The van der Waals surface area contributed by atoms with E-state index in [1.807, 2.05) is 6.07 Å². The second-order valence-electron chi connectivity index (χ2n) is 16.0. The van der Waals surface area contributed by atoms with Crippen LogP contribution in [-0.2, 0) is 10.8 Å². The molecule has 4 aromatic heterocycles. The normalized spacial score (nSPS) is 15.3. The summed E-state index contributed by atoms with van der Waals surface area (Å²) in [6.45, 7) is 9.70. The molecule has 0 saturated carbocycles. The summed E-state index contributed by atoms with van der Waals surface area (Å²) in [6.07, 6.45) is 2.35. The lowest BCUT2D eigenvalue weighted by molar-refractivity contribution is 0.331. The van der Waals surface area contributed by atoms with E-state index in [2.05, 4.69) is 164 Å². The average molecular weight is 703 g/mol. The summed E-state index contributed by atoms with van der Waals surface area (Å²) < 4.78 is 6.18. The third kappa shape index (κ3) is 4.29. The van der Waals surface area contributed by atoms with Gasteiger partial charge in [-0.3, -0.25) is 4.57 Å². The summed E-state index contributed by atoms with van der Waals surface area (Å²) in [7, 11) is 0. The minimum atomic E-state index is 0.0530. The van der Waals surface area contributed by atoms with Crippen molar-refractivity contribution in [1.82, 2.24) is 19.1 Å². The molecule has 4 heterocycles. The van der Waals surface area contributed by atoms with Gasteiger partial charge in [0.1, 0.15) is 4.83 Å². The van der Waals surface area contributed by atoms with E-state index in [-0.39, 0.29) is 10.8 Å². The average Bonchev–Trinajstić information content (AvgIpc) is 3.84. The molecule has 4 nitrogen and oxygen atoms in total. The third-order valence-electron chi connectivity index (χ3n) is 12.0. The number of thiophene rings is 1. The summed E-state index contributed by atoms with van der Waals surface area (Å²) >= 11 is 1.74. The Kier molecular flexibility index (Phi) is 6.32. The minimum Gasteiger partial charge on any atom is -0.309 e. The van der Waals surface area contributed by atoms with E-state index in [0.717, 1.165) is 44.9 Å². The van der Waals surface area contributed by atoms with Crippen molar-refractivity contribution in [3.8, 4) is 22.9 Å². The minimum absolute atomic E-state index is 0.0530. The fraction of sp³-hybridized carbons (Fsp3) is 0.167. The molecule has 0 aliphatic heterocycles. The summed E-state index contributed by atoms with van der Waals surface area (Å²) in [5, 5.41) is 7.30. The quantitative estimate of drug-likeness (QED) is 0.184. The number of hydrogen-bond donors (Lipinski definition) is 0. The van der Waals surface area contributed by atoms with Gasteiger partial charge in [0.25, 0.3) is 0 Å². The highest BCUT2D eigenvalue weighted by molar-refractivity contribution is 7.25.